The maximum absolute atomic E-state index is 13.5. The molecule has 27 heavy (non-hydrogen) atoms. The van der Waals surface area contributed by atoms with Crippen LogP contribution in [0.4, 0.5) is 4.39 Å². The third-order valence-corrected chi connectivity index (χ3v) is 6.21. The lowest BCUT2D eigenvalue weighted by atomic mass is 9.85. The van der Waals surface area contributed by atoms with E-state index in [-0.39, 0.29) is 17.6 Å². The van der Waals surface area contributed by atoms with Crippen LogP contribution in [0, 0.1) is 5.82 Å². The van der Waals surface area contributed by atoms with E-state index >= 15 is 0 Å². The van der Waals surface area contributed by atoms with Gasteiger partial charge in [-0.3, -0.25) is 14.5 Å². The molecule has 6 nitrogen and oxygen atoms in total. The molecular formula is C20H25FN4O2. The minimum atomic E-state index is -0.519. The van der Waals surface area contributed by atoms with E-state index in [0.29, 0.717) is 38.2 Å². The van der Waals surface area contributed by atoms with Crippen LogP contribution in [0.1, 0.15) is 29.8 Å². The van der Waals surface area contributed by atoms with Gasteiger partial charge in [-0.05, 0) is 50.6 Å². The molecule has 3 heterocycles. The molecule has 2 saturated heterocycles. The molecule has 0 aliphatic carbocycles. The van der Waals surface area contributed by atoms with Gasteiger partial charge in [0.05, 0.1) is 0 Å². The van der Waals surface area contributed by atoms with Gasteiger partial charge in [0.2, 0.25) is 5.91 Å². The second-order valence-electron chi connectivity index (χ2n) is 7.65. The highest BCUT2D eigenvalue weighted by molar-refractivity contribution is 5.99. The standard InChI is InChI=1S/C20H25FN4O2/c1-23-9-3-8-22-19(27)20(23)6-10-25(11-7-20)18(26)17-13-14-12-15(21)4-5-16(14)24(17)2/h4-5,12-13H,3,6-11H2,1-2H3,(H,22,27). The predicted octanol–water partition coefficient (Wildman–Crippen LogP) is 1.74. The molecule has 0 unspecified atom stereocenters. The molecule has 1 N–H and O–H groups in total. The first kappa shape index (κ1) is 18.0. The number of piperidine rings is 1. The molecular weight excluding hydrogens is 347 g/mol. The molecule has 0 atom stereocenters. The molecule has 2 fully saturated rings. The molecule has 2 aliphatic heterocycles. The number of hydrogen-bond acceptors (Lipinski definition) is 3. The third-order valence-electron chi connectivity index (χ3n) is 6.21. The minimum absolute atomic E-state index is 0.0689. The summed E-state index contributed by atoms with van der Waals surface area (Å²) in [5.74, 6) is -0.301. The van der Waals surface area contributed by atoms with Crippen molar-refractivity contribution in [1.29, 1.82) is 0 Å². The van der Waals surface area contributed by atoms with Crippen molar-refractivity contribution in [3.63, 3.8) is 0 Å². The van der Waals surface area contributed by atoms with Crippen LogP contribution in [-0.2, 0) is 11.8 Å². The monoisotopic (exact) mass is 372 g/mol. The Morgan fingerprint density at radius 1 is 1.15 bits per heavy atom. The maximum atomic E-state index is 13.5. The van der Waals surface area contributed by atoms with Gasteiger partial charge in [0.1, 0.15) is 17.1 Å². The van der Waals surface area contributed by atoms with Gasteiger partial charge in [-0.1, -0.05) is 0 Å². The average molecular weight is 372 g/mol. The largest absolute Gasteiger partial charge is 0.354 e. The molecule has 144 valence electrons. The van der Waals surface area contributed by atoms with Crippen LogP contribution in [0.25, 0.3) is 10.9 Å². The number of nitrogens with zero attached hydrogens (tertiary/aromatic N) is 3. The Hall–Kier alpha value is -2.41. The van der Waals surface area contributed by atoms with Crippen molar-refractivity contribution in [2.24, 2.45) is 7.05 Å². The van der Waals surface area contributed by atoms with Gasteiger partial charge in [-0.15, -0.1) is 0 Å². The van der Waals surface area contributed by atoms with E-state index in [1.54, 1.807) is 12.1 Å². The number of nitrogens with one attached hydrogen (secondary N) is 1. The van der Waals surface area contributed by atoms with E-state index in [4.69, 9.17) is 0 Å². The number of carbonyl (C=O) groups excluding carboxylic acids is 2. The van der Waals surface area contributed by atoms with Crippen molar-refractivity contribution >= 4 is 22.7 Å². The van der Waals surface area contributed by atoms with Crippen molar-refractivity contribution in [2.75, 3.05) is 33.2 Å². The summed E-state index contributed by atoms with van der Waals surface area (Å²) in [6.45, 7) is 2.65. The van der Waals surface area contributed by atoms with Crippen LogP contribution in [0.5, 0.6) is 0 Å². The summed E-state index contributed by atoms with van der Waals surface area (Å²) >= 11 is 0. The Labute approximate surface area is 157 Å². The molecule has 1 aromatic carbocycles. The Morgan fingerprint density at radius 2 is 1.89 bits per heavy atom. The van der Waals surface area contributed by atoms with Crippen molar-refractivity contribution < 1.29 is 14.0 Å². The molecule has 1 spiro atoms. The number of hydrogen-bond donors (Lipinski definition) is 1. The molecule has 2 amide bonds. The number of likely N-dealkylation sites (tertiary alicyclic amines) is 1. The summed E-state index contributed by atoms with van der Waals surface area (Å²) in [5, 5.41) is 3.74. The number of fused-ring (bicyclic) bond motifs is 1. The number of rotatable bonds is 1. The number of likely N-dealkylation sites (N-methyl/N-ethyl adjacent to an activating group) is 1. The number of aryl methyl sites for hydroxylation is 1. The van der Waals surface area contributed by atoms with Crippen molar-refractivity contribution in [3.8, 4) is 0 Å². The Balaban J connectivity index is 1.55. The number of amides is 2. The van der Waals surface area contributed by atoms with E-state index in [1.165, 1.54) is 12.1 Å². The number of halogens is 1. The molecule has 0 saturated carbocycles. The van der Waals surface area contributed by atoms with E-state index in [0.717, 1.165) is 23.9 Å². The number of carbonyl (C=O) groups is 2. The smallest absolute Gasteiger partial charge is 0.270 e. The van der Waals surface area contributed by atoms with E-state index < -0.39 is 5.54 Å². The highest BCUT2D eigenvalue weighted by Crippen LogP contribution is 2.31. The van der Waals surface area contributed by atoms with Crippen molar-refractivity contribution in [1.82, 2.24) is 19.7 Å². The van der Waals surface area contributed by atoms with Crippen LogP contribution >= 0.6 is 0 Å². The fourth-order valence-corrected chi connectivity index (χ4v) is 4.45. The van der Waals surface area contributed by atoms with Gasteiger partial charge in [-0.2, -0.15) is 0 Å². The van der Waals surface area contributed by atoms with Crippen LogP contribution in [-0.4, -0.2) is 64.9 Å². The third kappa shape index (κ3) is 2.90. The lowest BCUT2D eigenvalue weighted by Gasteiger charge is -2.44. The van der Waals surface area contributed by atoms with Gasteiger partial charge in [-0.25, -0.2) is 4.39 Å². The van der Waals surface area contributed by atoms with E-state index in [2.05, 4.69) is 10.2 Å². The predicted molar refractivity (Wildman–Crippen MR) is 101 cm³/mol. The van der Waals surface area contributed by atoms with Crippen LogP contribution in [0.2, 0.25) is 0 Å². The Bertz CT molecular complexity index is 899. The van der Waals surface area contributed by atoms with Crippen LogP contribution in [0.3, 0.4) is 0 Å². The first-order valence-corrected chi connectivity index (χ1v) is 9.46. The number of aromatic nitrogens is 1. The number of benzene rings is 1. The summed E-state index contributed by atoms with van der Waals surface area (Å²) < 4.78 is 15.3. The van der Waals surface area contributed by atoms with Gasteiger partial charge in [0.15, 0.2) is 0 Å². The van der Waals surface area contributed by atoms with Gasteiger partial charge >= 0.3 is 0 Å². The summed E-state index contributed by atoms with van der Waals surface area (Å²) in [6, 6.07) is 6.29. The van der Waals surface area contributed by atoms with Gasteiger partial charge in [0.25, 0.3) is 5.91 Å². The van der Waals surface area contributed by atoms with Crippen molar-refractivity contribution in [2.45, 2.75) is 24.8 Å². The fourth-order valence-electron chi connectivity index (χ4n) is 4.45. The highest BCUT2D eigenvalue weighted by Gasteiger charge is 2.46. The average Bonchev–Trinajstić information content (AvgIpc) is 2.93. The summed E-state index contributed by atoms with van der Waals surface area (Å²) in [5.41, 5.74) is 0.858. The summed E-state index contributed by atoms with van der Waals surface area (Å²) in [6.07, 6.45) is 2.19. The Kier molecular flexibility index (Phi) is 4.42. The zero-order valence-corrected chi connectivity index (χ0v) is 15.8. The molecule has 0 bridgehead atoms. The molecule has 2 aliphatic rings. The first-order chi connectivity index (χ1) is 12.9. The quantitative estimate of drug-likeness (QED) is 0.830. The normalized spacial score (nSPS) is 20.7. The fraction of sp³-hybridized carbons (Fsp3) is 0.500. The van der Waals surface area contributed by atoms with Crippen LogP contribution in [0.15, 0.2) is 24.3 Å². The highest BCUT2D eigenvalue weighted by atomic mass is 19.1. The Morgan fingerprint density at radius 3 is 2.63 bits per heavy atom. The van der Waals surface area contributed by atoms with E-state index in [9.17, 15) is 14.0 Å². The van der Waals surface area contributed by atoms with Crippen molar-refractivity contribution in [3.05, 3.63) is 35.8 Å². The molecule has 0 radical (unpaired) electrons. The minimum Gasteiger partial charge on any atom is -0.354 e. The second-order valence-corrected chi connectivity index (χ2v) is 7.65. The second kappa shape index (κ2) is 6.64. The maximum Gasteiger partial charge on any atom is 0.270 e. The lowest BCUT2D eigenvalue weighted by Crippen LogP contribution is -2.61. The van der Waals surface area contributed by atoms with Gasteiger partial charge in [0, 0.05) is 44.1 Å². The van der Waals surface area contributed by atoms with Crippen LogP contribution < -0.4 is 5.32 Å². The molecule has 4 rings (SSSR count). The van der Waals surface area contributed by atoms with E-state index in [1.807, 2.05) is 23.6 Å². The summed E-state index contributed by atoms with van der Waals surface area (Å²) in [4.78, 5) is 29.7. The lowest BCUT2D eigenvalue weighted by molar-refractivity contribution is -0.134. The molecule has 7 heteroatoms. The topological polar surface area (TPSA) is 57.6 Å². The SMILES string of the molecule is CN1CCCNC(=O)C12CCN(C(=O)c1cc3cc(F)ccc3n1C)CC2. The molecule has 1 aromatic heterocycles. The first-order valence-electron chi connectivity index (χ1n) is 9.46. The van der Waals surface area contributed by atoms with Gasteiger partial charge < -0.3 is 14.8 Å². The zero-order chi connectivity index (χ0) is 19.2. The summed E-state index contributed by atoms with van der Waals surface area (Å²) in [7, 11) is 3.83. The molecule has 2 aromatic rings. The zero-order valence-electron chi connectivity index (χ0n) is 15.8.